The van der Waals surface area contributed by atoms with E-state index in [9.17, 15) is 4.39 Å². The van der Waals surface area contributed by atoms with Crippen LogP contribution < -0.4 is 0 Å². The summed E-state index contributed by atoms with van der Waals surface area (Å²) in [6, 6.07) is 6.60. The summed E-state index contributed by atoms with van der Waals surface area (Å²) in [6.45, 7) is 1.91. The predicted molar refractivity (Wildman–Crippen MR) is 50.4 cm³/mol. The third kappa shape index (κ3) is 2.72. The Bertz CT molecular complexity index is 361. The lowest BCUT2D eigenvalue weighted by atomic mass is 10.1. The average molecular weight is 175 g/mol. The third-order valence-corrected chi connectivity index (χ3v) is 1.75. The van der Waals surface area contributed by atoms with Gasteiger partial charge in [-0.15, -0.1) is 0 Å². The molecule has 1 rings (SSSR count). The number of hydrogen-bond acceptors (Lipinski definition) is 1. The SMILES string of the molecule is Cc1ccc(F)cc1C=CCC#N. The Hall–Kier alpha value is -1.62. The van der Waals surface area contributed by atoms with Crippen LogP contribution in [0.4, 0.5) is 4.39 Å². The lowest BCUT2D eigenvalue weighted by Gasteiger charge is -1.98. The van der Waals surface area contributed by atoms with E-state index < -0.39 is 0 Å². The first kappa shape index (κ1) is 9.47. The third-order valence-electron chi connectivity index (χ3n) is 1.75. The van der Waals surface area contributed by atoms with Crippen LogP contribution >= 0.6 is 0 Å². The molecule has 66 valence electrons. The van der Waals surface area contributed by atoms with E-state index in [1.807, 2.05) is 13.0 Å². The van der Waals surface area contributed by atoms with Gasteiger partial charge in [-0.25, -0.2) is 4.39 Å². The van der Waals surface area contributed by atoms with Crippen LogP contribution in [-0.4, -0.2) is 0 Å². The second kappa shape index (κ2) is 4.42. The minimum atomic E-state index is -0.248. The minimum Gasteiger partial charge on any atom is -0.207 e. The highest BCUT2D eigenvalue weighted by atomic mass is 19.1. The molecule has 0 spiro atoms. The number of halogens is 1. The van der Waals surface area contributed by atoms with Gasteiger partial charge in [0, 0.05) is 0 Å². The van der Waals surface area contributed by atoms with E-state index in [0.29, 0.717) is 6.42 Å². The molecule has 0 atom stereocenters. The molecule has 1 aromatic rings. The average Bonchev–Trinajstić information content (AvgIpc) is 2.11. The molecule has 0 saturated heterocycles. The van der Waals surface area contributed by atoms with Gasteiger partial charge in [0.1, 0.15) is 5.82 Å². The van der Waals surface area contributed by atoms with E-state index in [1.54, 1.807) is 18.2 Å². The van der Waals surface area contributed by atoms with Crippen molar-refractivity contribution < 1.29 is 4.39 Å². The standard InChI is InChI=1S/C11H10FN/c1-9-5-6-11(12)8-10(9)4-2-3-7-13/h2,4-6,8H,3H2,1H3. The molecular formula is C11H10FN. The molecule has 0 saturated carbocycles. The summed E-state index contributed by atoms with van der Waals surface area (Å²) in [5.41, 5.74) is 1.84. The molecule has 0 aliphatic rings. The highest BCUT2D eigenvalue weighted by Crippen LogP contribution is 2.11. The highest BCUT2D eigenvalue weighted by Gasteiger charge is 1.95. The van der Waals surface area contributed by atoms with Crippen molar-refractivity contribution in [2.75, 3.05) is 0 Å². The number of benzene rings is 1. The number of allylic oxidation sites excluding steroid dienone is 1. The maximum Gasteiger partial charge on any atom is 0.123 e. The topological polar surface area (TPSA) is 23.8 Å². The Kier molecular flexibility index (Phi) is 3.22. The van der Waals surface area contributed by atoms with Gasteiger partial charge in [-0.3, -0.25) is 0 Å². The van der Waals surface area contributed by atoms with Crippen molar-refractivity contribution in [1.29, 1.82) is 5.26 Å². The van der Waals surface area contributed by atoms with Gasteiger partial charge < -0.3 is 0 Å². The molecule has 13 heavy (non-hydrogen) atoms. The van der Waals surface area contributed by atoms with E-state index in [-0.39, 0.29) is 5.82 Å². The van der Waals surface area contributed by atoms with E-state index in [4.69, 9.17) is 5.26 Å². The number of hydrogen-bond donors (Lipinski definition) is 0. The van der Waals surface area contributed by atoms with Crippen molar-refractivity contribution in [2.24, 2.45) is 0 Å². The fourth-order valence-electron chi connectivity index (χ4n) is 1.03. The first-order chi connectivity index (χ1) is 6.24. The summed E-state index contributed by atoms with van der Waals surface area (Å²) in [7, 11) is 0. The van der Waals surface area contributed by atoms with E-state index in [2.05, 4.69) is 0 Å². The molecular weight excluding hydrogens is 165 g/mol. The fourth-order valence-corrected chi connectivity index (χ4v) is 1.03. The lowest BCUT2D eigenvalue weighted by molar-refractivity contribution is 0.627. The van der Waals surface area contributed by atoms with Crippen LogP contribution in [0.15, 0.2) is 24.3 Å². The molecule has 1 nitrogen and oxygen atoms in total. The minimum absolute atomic E-state index is 0.248. The second-order valence-electron chi connectivity index (χ2n) is 2.77. The van der Waals surface area contributed by atoms with Crippen molar-refractivity contribution in [3.63, 3.8) is 0 Å². The lowest BCUT2D eigenvalue weighted by Crippen LogP contribution is -1.82. The summed E-state index contributed by atoms with van der Waals surface area (Å²) < 4.78 is 12.8. The monoisotopic (exact) mass is 175 g/mol. The number of nitriles is 1. The molecule has 0 radical (unpaired) electrons. The van der Waals surface area contributed by atoms with Crippen molar-refractivity contribution in [3.8, 4) is 6.07 Å². The normalized spacial score (nSPS) is 10.2. The van der Waals surface area contributed by atoms with Crippen LogP contribution in [-0.2, 0) is 0 Å². The summed E-state index contributed by atoms with van der Waals surface area (Å²) in [4.78, 5) is 0. The van der Waals surface area contributed by atoms with Gasteiger partial charge >= 0.3 is 0 Å². The molecule has 0 aromatic heterocycles. The van der Waals surface area contributed by atoms with Crippen LogP contribution in [0.3, 0.4) is 0 Å². The van der Waals surface area contributed by atoms with Gasteiger partial charge in [-0.05, 0) is 30.2 Å². The smallest absolute Gasteiger partial charge is 0.123 e. The Morgan fingerprint density at radius 3 is 3.00 bits per heavy atom. The first-order valence-corrected chi connectivity index (χ1v) is 4.03. The first-order valence-electron chi connectivity index (χ1n) is 4.03. The van der Waals surface area contributed by atoms with Crippen LogP contribution in [0.2, 0.25) is 0 Å². The van der Waals surface area contributed by atoms with Gasteiger partial charge in [0.05, 0.1) is 12.5 Å². The molecule has 0 unspecified atom stereocenters. The van der Waals surface area contributed by atoms with Crippen molar-refractivity contribution in [3.05, 3.63) is 41.2 Å². The molecule has 0 amide bonds. The molecule has 0 heterocycles. The number of aryl methyl sites for hydroxylation is 1. The maximum atomic E-state index is 12.8. The van der Waals surface area contributed by atoms with Crippen LogP contribution in [0.5, 0.6) is 0 Å². The molecule has 0 N–H and O–H groups in total. The van der Waals surface area contributed by atoms with E-state index in [1.165, 1.54) is 12.1 Å². The zero-order chi connectivity index (χ0) is 9.68. The highest BCUT2D eigenvalue weighted by molar-refractivity contribution is 5.53. The van der Waals surface area contributed by atoms with Gasteiger partial charge in [-0.1, -0.05) is 18.2 Å². The molecule has 1 aromatic carbocycles. The molecule has 0 aliphatic carbocycles. The molecule has 0 fully saturated rings. The second-order valence-corrected chi connectivity index (χ2v) is 2.77. The summed E-state index contributed by atoms with van der Waals surface area (Å²) in [6.07, 6.45) is 3.85. The molecule has 2 heteroatoms. The quantitative estimate of drug-likeness (QED) is 0.677. The zero-order valence-corrected chi connectivity index (χ0v) is 7.42. The summed E-state index contributed by atoms with van der Waals surface area (Å²) in [5.74, 6) is -0.248. The van der Waals surface area contributed by atoms with Crippen molar-refractivity contribution in [2.45, 2.75) is 13.3 Å². The summed E-state index contributed by atoms with van der Waals surface area (Å²) in [5, 5.41) is 8.29. The Balaban J connectivity index is 2.88. The maximum absolute atomic E-state index is 12.8. The largest absolute Gasteiger partial charge is 0.207 e. The van der Waals surface area contributed by atoms with Crippen LogP contribution in [0, 0.1) is 24.1 Å². The molecule has 0 aliphatic heterocycles. The predicted octanol–water partition coefficient (Wildman–Crippen LogP) is 3.06. The summed E-state index contributed by atoms with van der Waals surface area (Å²) >= 11 is 0. The number of nitrogens with zero attached hydrogens (tertiary/aromatic N) is 1. The van der Waals surface area contributed by atoms with Gasteiger partial charge in [-0.2, -0.15) is 5.26 Å². The molecule has 0 bridgehead atoms. The van der Waals surface area contributed by atoms with Gasteiger partial charge in [0.15, 0.2) is 0 Å². The van der Waals surface area contributed by atoms with Crippen LogP contribution in [0.1, 0.15) is 17.5 Å². The Labute approximate surface area is 77.1 Å². The van der Waals surface area contributed by atoms with Crippen molar-refractivity contribution >= 4 is 6.08 Å². The fraction of sp³-hybridized carbons (Fsp3) is 0.182. The van der Waals surface area contributed by atoms with Crippen LogP contribution in [0.25, 0.3) is 6.08 Å². The van der Waals surface area contributed by atoms with E-state index >= 15 is 0 Å². The zero-order valence-electron chi connectivity index (χ0n) is 7.42. The Morgan fingerprint density at radius 1 is 1.54 bits per heavy atom. The van der Waals surface area contributed by atoms with Crippen molar-refractivity contribution in [1.82, 2.24) is 0 Å². The number of rotatable bonds is 2. The van der Waals surface area contributed by atoms with E-state index in [0.717, 1.165) is 11.1 Å². The van der Waals surface area contributed by atoms with Gasteiger partial charge in [0.25, 0.3) is 0 Å². The Morgan fingerprint density at radius 2 is 2.31 bits per heavy atom. The van der Waals surface area contributed by atoms with Gasteiger partial charge in [0.2, 0.25) is 0 Å².